The first-order valence-corrected chi connectivity index (χ1v) is 15.5. The average molecular weight is 497 g/mol. The third-order valence-electron chi connectivity index (χ3n) is 6.91. The zero-order valence-electron chi connectivity index (χ0n) is 23.9. The fourth-order valence-corrected chi connectivity index (χ4v) is 4.47. The minimum absolute atomic E-state index is 0.0376. The van der Waals surface area contributed by atoms with Gasteiger partial charge in [-0.05, 0) is 32.1 Å². The standard InChI is InChI=1S/C31H60O4/c1-4-7-9-10-11-12-13-14-15-18-21-24-28-34-30(32)26-22-19-16-17-20-23-27-31(33)35-29(6-3)25-8-5-2/h29H,4-28H2,1-3H3. The lowest BCUT2D eigenvalue weighted by Crippen LogP contribution is -2.17. The van der Waals surface area contributed by atoms with Crippen LogP contribution in [-0.4, -0.2) is 24.6 Å². The Hall–Kier alpha value is -1.06. The van der Waals surface area contributed by atoms with Gasteiger partial charge in [-0.3, -0.25) is 9.59 Å². The monoisotopic (exact) mass is 496 g/mol. The number of ether oxygens (including phenoxy) is 2. The number of rotatable bonds is 27. The molecule has 0 aliphatic rings. The molecule has 0 aromatic carbocycles. The van der Waals surface area contributed by atoms with E-state index in [4.69, 9.17) is 9.47 Å². The SMILES string of the molecule is CCCCCCCCCCCCCCOC(=O)CCCCCCCCC(=O)OC(CC)CCCC. The van der Waals surface area contributed by atoms with Crippen LogP contribution in [0, 0.1) is 0 Å². The van der Waals surface area contributed by atoms with Crippen LogP contribution < -0.4 is 0 Å². The fraction of sp³-hybridized carbons (Fsp3) is 0.935. The second-order valence-electron chi connectivity index (χ2n) is 10.4. The molecule has 4 nitrogen and oxygen atoms in total. The first kappa shape index (κ1) is 33.9. The number of carbonyl (C=O) groups excluding carboxylic acids is 2. The summed E-state index contributed by atoms with van der Waals surface area (Å²) in [7, 11) is 0. The van der Waals surface area contributed by atoms with Crippen LogP contribution >= 0.6 is 0 Å². The van der Waals surface area contributed by atoms with Gasteiger partial charge in [0.15, 0.2) is 0 Å². The highest BCUT2D eigenvalue weighted by Gasteiger charge is 2.11. The summed E-state index contributed by atoms with van der Waals surface area (Å²) in [6.07, 6.45) is 27.4. The molecule has 0 N–H and O–H groups in total. The third-order valence-corrected chi connectivity index (χ3v) is 6.91. The number of hydrogen-bond donors (Lipinski definition) is 0. The number of esters is 2. The van der Waals surface area contributed by atoms with Gasteiger partial charge in [-0.2, -0.15) is 0 Å². The van der Waals surface area contributed by atoms with Gasteiger partial charge in [-0.1, -0.05) is 130 Å². The Labute approximate surface area is 218 Å². The predicted octanol–water partition coefficient (Wildman–Crippen LogP) is 9.86. The van der Waals surface area contributed by atoms with E-state index >= 15 is 0 Å². The highest BCUT2D eigenvalue weighted by molar-refractivity contribution is 5.69. The van der Waals surface area contributed by atoms with E-state index in [-0.39, 0.29) is 18.0 Å². The normalized spacial score (nSPS) is 12.0. The molecule has 0 heterocycles. The van der Waals surface area contributed by atoms with Crippen molar-refractivity contribution in [1.29, 1.82) is 0 Å². The van der Waals surface area contributed by atoms with E-state index < -0.39 is 0 Å². The summed E-state index contributed by atoms with van der Waals surface area (Å²) in [6.45, 7) is 7.11. The van der Waals surface area contributed by atoms with Crippen molar-refractivity contribution < 1.29 is 19.1 Å². The molecule has 0 spiro atoms. The van der Waals surface area contributed by atoms with Gasteiger partial charge < -0.3 is 9.47 Å². The summed E-state index contributed by atoms with van der Waals surface area (Å²) in [5, 5.41) is 0. The van der Waals surface area contributed by atoms with Crippen molar-refractivity contribution in [3.63, 3.8) is 0 Å². The van der Waals surface area contributed by atoms with Crippen LogP contribution in [0.2, 0.25) is 0 Å². The molecular formula is C31H60O4. The van der Waals surface area contributed by atoms with Crippen molar-refractivity contribution in [3.05, 3.63) is 0 Å². The van der Waals surface area contributed by atoms with Crippen LogP contribution in [0.15, 0.2) is 0 Å². The van der Waals surface area contributed by atoms with Crippen LogP contribution in [0.3, 0.4) is 0 Å². The van der Waals surface area contributed by atoms with E-state index in [9.17, 15) is 9.59 Å². The van der Waals surface area contributed by atoms with Gasteiger partial charge >= 0.3 is 11.9 Å². The highest BCUT2D eigenvalue weighted by atomic mass is 16.5. The van der Waals surface area contributed by atoms with Crippen LogP contribution in [-0.2, 0) is 19.1 Å². The van der Waals surface area contributed by atoms with Gasteiger partial charge in [0.2, 0.25) is 0 Å². The van der Waals surface area contributed by atoms with Crippen LogP contribution in [0.4, 0.5) is 0 Å². The summed E-state index contributed by atoms with van der Waals surface area (Å²) in [4.78, 5) is 23.8. The summed E-state index contributed by atoms with van der Waals surface area (Å²) >= 11 is 0. The van der Waals surface area contributed by atoms with Crippen molar-refractivity contribution in [1.82, 2.24) is 0 Å². The zero-order chi connectivity index (χ0) is 25.8. The molecule has 0 saturated heterocycles. The maximum atomic E-state index is 11.9. The zero-order valence-corrected chi connectivity index (χ0v) is 23.9. The molecule has 4 heteroatoms. The van der Waals surface area contributed by atoms with Crippen LogP contribution in [0.25, 0.3) is 0 Å². The summed E-state index contributed by atoms with van der Waals surface area (Å²) in [5.74, 6) is -0.0757. The lowest BCUT2D eigenvalue weighted by Gasteiger charge is -2.15. The fourth-order valence-electron chi connectivity index (χ4n) is 4.47. The summed E-state index contributed by atoms with van der Waals surface area (Å²) in [6, 6.07) is 0. The molecule has 0 aliphatic carbocycles. The topological polar surface area (TPSA) is 52.6 Å². The first-order chi connectivity index (χ1) is 17.1. The quantitative estimate of drug-likeness (QED) is 0.0838. The summed E-state index contributed by atoms with van der Waals surface area (Å²) < 4.78 is 11.0. The number of carbonyl (C=O) groups is 2. The van der Waals surface area contributed by atoms with Gasteiger partial charge in [0.1, 0.15) is 6.10 Å². The summed E-state index contributed by atoms with van der Waals surface area (Å²) in [5.41, 5.74) is 0. The molecule has 0 radical (unpaired) electrons. The van der Waals surface area contributed by atoms with Gasteiger partial charge in [0, 0.05) is 12.8 Å². The Morgan fingerprint density at radius 2 is 0.943 bits per heavy atom. The van der Waals surface area contributed by atoms with E-state index in [2.05, 4.69) is 20.8 Å². The number of unbranched alkanes of at least 4 members (excludes halogenated alkanes) is 17. The molecule has 0 aromatic rings. The Bertz CT molecular complexity index is 463. The lowest BCUT2D eigenvalue weighted by atomic mass is 10.1. The maximum Gasteiger partial charge on any atom is 0.306 e. The first-order valence-electron chi connectivity index (χ1n) is 15.5. The Morgan fingerprint density at radius 3 is 1.43 bits per heavy atom. The Kier molecular flexibility index (Phi) is 26.7. The predicted molar refractivity (Wildman–Crippen MR) is 149 cm³/mol. The second kappa shape index (κ2) is 27.5. The van der Waals surface area contributed by atoms with Crippen LogP contribution in [0.5, 0.6) is 0 Å². The Morgan fingerprint density at radius 1 is 0.514 bits per heavy atom. The van der Waals surface area contributed by atoms with E-state index in [1.807, 2.05) is 0 Å². The van der Waals surface area contributed by atoms with E-state index in [0.29, 0.717) is 19.4 Å². The van der Waals surface area contributed by atoms with Gasteiger partial charge in [-0.25, -0.2) is 0 Å². The third kappa shape index (κ3) is 25.8. The smallest absolute Gasteiger partial charge is 0.306 e. The van der Waals surface area contributed by atoms with Crippen molar-refractivity contribution in [3.8, 4) is 0 Å². The molecule has 1 atom stereocenters. The average Bonchev–Trinajstić information content (AvgIpc) is 2.86. The van der Waals surface area contributed by atoms with Gasteiger partial charge in [-0.15, -0.1) is 0 Å². The van der Waals surface area contributed by atoms with Crippen LogP contribution in [0.1, 0.15) is 175 Å². The molecule has 0 rings (SSSR count). The van der Waals surface area contributed by atoms with E-state index in [0.717, 1.165) is 70.6 Å². The second-order valence-corrected chi connectivity index (χ2v) is 10.4. The van der Waals surface area contributed by atoms with E-state index in [1.165, 1.54) is 70.6 Å². The number of hydrogen-bond acceptors (Lipinski definition) is 4. The minimum atomic E-state index is -0.0381. The highest BCUT2D eigenvalue weighted by Crippen LogP contribution is 2.14. The molecule has 0 bridgehead atoms. The minimum Gasteiger partial charge on any atom is -0.466 e. The molecule has 0 amide bonds. The van der Waals surface area contributed by atoms with Crippen molar-refractivity contribution >= 4 is 11.9 Å². The molecule has 0 saturated carbocycles. The van der Waals surface area contributed by atoms with E-state index in [1.54, 1.807) is 0 Å². The van der Waals surface area contributed by atoms with Gasteiger partial charge in [0.25, 0.3) is 0 Å². The van der Waals surface area contributed by atoms with Gasteiger partial charge in [0.05, 0.1) is 6.61 Å². The molecule has 35 heavy (non-hydrogen) atoms. The largest absolute Gasteiger partial charge is 0.466 e. The lowest BCUT2D eigenvalue weighted by molar-refractivity contribution is -0.149. The molecule has 208 valence electrons. The van der Waals surface area contributed by atoms with Crippen molar-refractivity contribution in [2.45, 2.75) is 181 Å². The molecular weight excluding hydrogens is 436 g/mol. The maximum absolute atomic E-state index is 11.9. The Balaban J connectivity index is 3.34. The molecule has 1 unspecified atom stereocenters. The molecule has 0 aliphatic heterocycles. The van der Waals surface area contributed by atoms with Crippen molar-refractivity contribution in [2.24, 2.45) is 0 Å². The van der Waals surface area contributed by atoms with Crippen molar-refractivity contribution in [2.75, 3.05) is 6.61 Å². The molecule has 0 fully saturated rings. The molecule has 0 aromatic heterocycles.